The Bertz CT molecular complexity index is 465. The number of nitrogens with zero attached hydrogens (tertiary/aromatic N) is 4. The van der Waals surface area contributed by atoms with E-state index in [1.807, 2.05) is 0 Å². The number of halogens is 1. The van der Waals surface area contributed by atoms with Gasteiger partial charge < -0.3 is 9.80 Å². The van der Waals surface area contributed by atoms with E-state index in [1.165, 1.54) is 32.2 Å². The second-order valence-corrected chi connectivity index (χ2v) is 7.19. The molecule has 1 aromatic heterocycles. The van der Waals surface area contributed by atoms with Gasteiger partial charge in [0.2, 0.25) is 0 Å². The minimum absolute atomic E-state index is 0.609. The third-order valence-electron chi connectivity index (χ3n) is 4.20. The quantitative estimate of drug-likeness (QED) is 0.790. The minimum Gasteiger partial charge on any atom is -0.356 e. The smallest absolute Gasteiger partial charge is 0.135 e. The third-order valence-corrected chi connectivity index (χ3v) is 4.61. The molecule has 0 atom stereocenters. The molecule has 2 heterocycles. The van der Waals surface area contributed by atoms with Crippen LogP contribution >= 0.6 is 15.9 Å². The highest BCUT2D eigenvalue weighted by molar-refractivity contribution is 9.10. The summed E-state index contributed by atoms with van der Waals surface area (Å²) in [6.07, 6.45) is 5.03. The second kappa shape index (κ2) is 5.98. The molecule has 0 amide bonds. The molecule has 1 saturated carbocycles. The largest absolute Gasteiger partial charge is 0.356 e. The van der Waals surface area contributed by atoms with E-state index in [2.05, 4.69) is 50.9 Å². The average molecular weight is 339 g/mol. The summed E-state index contributed by atoms with van der Waals surface area (Å²) < 4.78 is 0.930. The molecule has 0 bridgehead atoms. The minimum atomic E-state index is 0.609. The third kappa shape index (κ3) is 3.50. The molecule has 1 saturated heterocycles. The first-order chi connectivity index (χ1) is 9.61. The second-order valence-electron chi connectivity index (χ2n) is 6.37. The first-order valence-electron chi connectivity index (χ1n) is 7.56. The standard InChI is InChI=1S/C15H23BrN4/c1-19(2)10-11-5-7-20(8-6-11)14-9-13(16)17-15(18-14)12-3-4-12/h9,11-12H,3-8,10H2,1-2H3. The van der Waals surface area contributed by atoms with Gasteiger partial charge in [0.25, 0.3) is 0 Å². The first-order valence-corrected chi connectivity index (χ1v) is 8.35. The van der Waals surface area contributed by atoms with Gasteiger partial charge >= 0.3 is 0 Å². The summed E-state index contributed by atoms with van der Waals surface area (Å²) >= 11 is 3.54. The fraction of sp³-hybridized carbons (Fsp3) is 0.733. The van der Waals surface area contributed by atoms with Gasteiger partial charge in [-0.1, -0.05) is 0 Å². The van der Waals surface area contributed by atoms with Crippen LogP contribution in [0.3, 0.4) is 0 Å². The maximum absolute atomic E-state index is 4.78. The van der Waals surface area contributed by atoms with Gasteiger partial charge in [-0.05, 0) is 61.6 Å². The molecular formula is C15H23BrN4. The monoisotopic (exact) mass is 338 g/mol. The van der Waals surface area contributed by atoms with Crippen molar-refractivity contribution >= 4 is 21.7 Å². The summed E-state index contributed by atoms with van der Waals surface area (Å²) in [6, 6.07) is 2.07. The Morgan fingerprint density at radius 1 is 1.20 bits per heavy atom. The van der Waals surface area contributed by atoms with Crippen molar-refractivity contribution in [1.29, 1.82) is 0 Å². The zero-order chi connectivity index (χ0) is 14.1. The molecule has 110 valence electrons. The highest BCUT2D eigenvalue weighted by Crippen LogP contribution is 2.39. The van der Waals surface area contributed by atoms with Crippen molar-refractivity contribution in [3.63, 3.8) is 0 Å². The molecule has 4 nitrogen and oxygen atoms in total. The molecule has 1 aliphatic heterocycles. The van der Waals surface area contributed by atoms with Crippen molar-refractivity contribution in [2.45, 2.75) is 31.6 Å². The van der Waals surface area contributed by atoms with E-state index in [9.17, 15) is 0 Å². The van der Waals surface area contributed by atoms with Gasteiger partial charge in [-0.15, -0.1) is 0 Å². The lowest BCUT2D eigenvalue weighted by atomic mass is 9.96. The van der Waals surface area contributed by atoms with E-state index in [0.29, 0.717) is 5.92 Å². The first kappa shape index (κ1) is 14.3. The van der Waals surface area contributed by atoms with Crippen LogP contribution < -0.4 is 4.90 Å². The van der Waals surface area contributed by atoms with Gasteiger partial charge in [-0.3, -0.25) is 0 Å². The average Bonchev–Trinajstić information content (AvgIpc) is 3.22. The summed E-state index contributed by atoms with van der Waals surface area (Å²) in [6.45, 7) is 3.44. The summed E-state index contributed by atoms with van der Waals surface area (Å²) in [5.74, 6) is 3.58. The van der Waals surface area contributed by atoms with Crippen molar-refractivity contribution in [3.8, 4) is 0 Å². The van der Waals surface area contributed by atoms with E-state index in [4.69, 9.17) is 4.98 Å². The molecule has 0 unspecified atom stereocenters. The van der Waals surface area contributed by atoms with Crippen LogP contribution in [0.2, 0.25) is 0 Å². The number of anilines is 1. The number of hydrogen-bond donors (Lipinski definition) is 0. The molecule has 0 radical (unpaired) electrons. The Kier molecular flexibility index (Phi) is 4.26. The lowest BCUT2D eigenvalue weighted by molar-refractivity contribution is 0.284. The lowest BCUT2D eigenvalue weighted by Gasteiger charge is -2.34. The van der Waals surface area contributed by atoms with Gasteiger partial charge in [0.05, 0.1) is 0 Å². The predicted molar refractivity (Wildman–Crippen MR) is 85.2 cm³/mol. The fourth-order valence-electron chi connectivity index (χ4n) is 2.97. The van der Waals surface area contributed by atoms with Crippen molar-refractivity contribution in [2.24, 2.45) is 5.92 Å². The molecule has 20 heavy (non-hydrogen) atoms. The molecule has 0 spiro atoms. The number of hydrogen-bond acceptors (Lipinski definition) is 4. The van der Waals surface area contributed by atoms with Crippen molar-refractivity contribution in [1.82, 2.24) is 14.9 Å². The van der Waals surface area contributed by atoms with Crippen LogP contribution in [0.1, 0.15) is 37.4 Å². The van der Waals surface area contributed by atoms with E-state index in [1.54, 1.807) is 0 Å². The Hall–Kier alpha value is -0.680. The van der Waals surface area contributed by atoms with Crippen molar-refractivity contribution in [3.05, 3.63) is 16.5 Å². The number of aromatic nitrogens is 2. The maximum atomic E-state index is 4.78. The number of piperidine rings is 1. The summed E-state index contributed by atoms with van der Waals surface area (Å²) in [5.41, 5.74) is 0. The Balaban J connectivity index is 1.65. The molecule has 5 heteroatoms. The highest BCUT2D eigenvalue weighted by Gasteiger charge is 2.28. The van der Waals surface area contributed by atoms with Crippen LogP contribution in [0.25, 0.3) is 0 Å². The van der Waals surface area contributed by atoms with E-state index in [0.717, 1.165) is 35.3 Å². The van der Waals surface area contributed by atoms with Crippen molar-refractivity contribution in [2.75, 3.05) is 38.6 Å². The highest BCUT2D eigenvalue weighted by atomic mass is 79.9. The Morgan fingerprint density at radius 2 is 1.90 bits per heavy atom. The van der Waals surface area contributed by atoms with Crippen LogP contribution in [0.5, 0.6) is 0 Å². The lowest BCUT2D eigenvalue weighted by Crippen LogP contribution is -2.37. The molecule has 0 N–H and O–H groups in total. The zero-order valence-electron chi connectivity index (χ0n) is 12.3. The molecule has 0 aromatic carbocycles. The SMILES string of the molecule is CN(C)CC1CCN(c2cc(Br)nc(C3CC3)n2)CC1. The fourth-order valence-corrected chi connectivity index (χ4v) is 3.36. The molecule has 1 aliphatic carbocycles. The molecule has 3 rings (SSSR count). The predicted octanol–water partition coefficient (Wildman–Crippen LogP) is 2.89. The van der Waals surface area contributed by atoms with Gasteiger partial charge in [0.15, 0.2) is 0 Å². The Labute approximate surface area is 129 Å². The van der Waals surface area contributed by atoms with Crippen molar-refractivity contribution < 1.29 is 0 Å². The normalized spacial score (nSPS) is 20.7. The molecule has 2 aliphatic rings. The molecule has 2 fully saturated rings. The topological polar surface area (TPSA) is 32.3 Å². The van der Waals surface area contributed by atoms with Gasteiger partial charge in [0.1, 0.15) is 16.2 Å². The van der Waals surface area contributed by atoms with E-state index < -0.39 is 0 Å². The number of rotatable bonds is 4. The van der Waals surface area contributed by atoms with Gasteiger partial charge in [0, 0.05) is 31.6 Å². The van der Waals surface area contributed by atoms with Crippen LogP contribution in [0, 0.1) is 5.92 Å². The molecular weight excluding hydrogens is 316 g/mol. The van der Waals surface area contributed by atoms with E-state index >= 15 is 0 Å². The van der Waals surface area contributed by atoms with Crippen LogP contribution in [-0.4, -0.2) is 48.6 Å². The Morgan fingerprint density at radius 3 is 2.50 bits per heavy atom. The summed E-state index contributed by atoms with van der Waals surface area (Å²) in [4.78, 5) is 14.0. The van der Waals surface area contributed by atoms with Crippen LogP contribution in [0.15, 0.2) is 10.7 Å². The maximum Gasteiger partial charge on any atom is 0.135 e. The zero-order valence-corrected chi connectivity index (χ0v) is 13.9. The van der Waals surface area contributed by atoms with Crippen LogP contribution in [-0.2, 0) is 0 Å². The van der Waals surface area contributed by atoms with E-state index in [-0.39, 0.29) is 0 Å². The summed E-state index contributed by atoms with van der Waals surface area (Å²) in [7, 11) is 4.33. The van der Waals surface area contributed by atoms with Gasteiger partial charge in [-0.2, -0.15) is 0 Å². The van der Waals surface area contributed by atoms with Crippen LogP contribution in [0.4, 0.5) is 5.82 Å². The van der Waals surface area contributed by atoms with Gasteiger partial charge in [-0.25, -0.2) is 9.97 Å². The summed E-state index contributed by atoms with van der Waals surface area (Å²) in [5, 5.41) is 0. The molecule has 1 aromatic rings.